The maximum absolute atomic E-state index is 5.35. The van der Waals surface area contributed by atoms with E-state index in [1.807, 2.05) is 31.2 Å². The zero-order valence-corrected chi connectivity index (χ0v) is 13.0. The van der Waals surface area contributed by atoms with E-state index >= 15 is 0 Å². The number of anilines is 1. The van der Waals surface area contributed by atoms with Crippen LogP contribution >= 0.6 is 0 Å². The van der Waals surface area contributed by atoms with Crippen LogP contribution in [0.15, 0.2) is 30.6 Å². The summed E-state index contributed by atoms with van der Waals surface area (Å²) in [5, 5.41) is 0. The fourth-order valence-electron chi connectivity index (χ4n) is 2.17. The highest BCUT2D eigenvalue weighted by Crippen LogP contribution is 2.28. The maximum Gasteiger partial charge on any atom is 0.161 e. The van der Waals surface area contributed by atoms with Gasteiger partial charge in [-0.1, -0.05) is 6.07 Å². The van der Waals surface area contributed by atoms with Crippen LogP contribution in [0.4, 0.5) is 5.82 Å². The van der Waals surface area contributed by atoms with Gasteiger partial charge in [-0.15, -0.1) is 0 Å². The number of hydrogen-bond donors (Lipinski definition) is 0. The summed E-state index contributed by atoms with van der Waals surface area (Å²) >= 11 is 0. The topological polar surface area (TPSA) is 47.5 Å². The van der Waals surface area contributed by atoms with E-state index in [4.69, 9.17) is 9.47 Å². The average molecular weight is 287 g/mol. The van der Waals surface area contributed by atoms with Crippen LogP contribution in [-0.4, -0.2) is 30.7 Å². The fraction of sp³-hybridized carbons (Fsp3) is 0.375. The second-order valence-electron chi connectivity index (χ2n) is 4.72. The molecule has 0 saturated carbocycles. The third kappa shape index (κ3) is 3.62. The van der Waals surface area contributed by atoms with Gasteiger partial charge in [0.05, 0.1) is 14.2 Å². The molecule has 0 bridgehead atoms. The molecule has 112 valence electrons. The summed E-state index contributed by atoms with van der Waals surface area (Å²) in [6, 6.07) is 7.95. The summed E-state index contributed by atoms with van der Waals surface area (Å²) in [6.07, 6.45) is 1.60. The lowest BCUT2D eigenvalue weighted by atomic mass is 10.2. The molecule has 1 heterocycles. The van der Waals surface area contributed by atoms with Gasteiger partial charge in [0.1, 0.15) is 12.1 Å². The Morgan fingerprint density at radius 1 is 1.05 bits per heavy atom. The van der Waals surface area contributed by atoms with Crippen molar-refractivity contribution in [3.05, 3.63) is 41.9 Å². The summed E-state index contributed by atoms with van der Waals surface area (Å²) in [6.45, 7) is 5.70. The number of aromatic nitrogens is 2. The smallest absolute Gasteiger partial charge is 0.161 e. The Kier molecular flexibility index (Phi) is 4.98. The molecule has 0 saturated heterocycles. The highest BCUT2D eigenvalue weighted by atomic mass is 16.5. The predicted molar refractivity (Wildman–Crippen MR) is 83.0 cm³/mol. The van der Waals surface area contributed by atoms with Crippen molar-refractivity contribution < 1.29 is 9.47 Å². The number of hydrogen-bond acceptors (Lipinski definition) is 5. The van der Waals surface area contributed by atoms with Crippen LogP contribution in [0.3, 0.4) is 0 Å². The van der Waals surface area contributed by atoms with Gasteiger partial charge in [0.25, 0.3) is 0 Å². The molecule has 0 atom stereocenters. The number of rotatable bonds is 6. The monoisotopic (exact) mass is 287 g/mol. The second kappa shape index (κ2) is 6.92. The molecule has 0 aliphatic rings. The van der Waals surface area contributed by atoms with Gasteiger partial charge >= 0.3 is 0 Å². The quantitative estimate of drug-likeness (QED) is 0.817. The van der Waals surface area contributed by atoms with E-state index in [2.05, 4.69) is 21.8 Å². The Morgan fingerprint density at radius 2 is 1.81 bits per heavy atom. The molecular weight excluding hydrogens is 266 g/mol. The summed E-state index contributed by atoms with van der Waals surface area (Å²) in [5.41, 5.74) is 2.11. The zero-order valence-electron chi connectivity index (χ0n) is 13.0. The molecule has 0 aliphatic heterocycles. The Morgan fingerprint density at radius 3 is 2.43 bits per heavy atom. The molecule has 0 fully saturated rings. The number of benzene rings is 1. The first-order chi connectivity index (χ1) is 10.2. The van der Waals surface area contributed by atoms with Gasteiger partial charge in [-0.3, -0.25) is 0 Å². The molecule has 2 aromatic rings. The molecule has 2 rings (SSSR count). The summed E-state index contributed by atoms with van der Waals surface area (Å²) in [4.78, 5) is 10.7. The number of aryl methyl sites for hydroxylation is 1. The van der Waals surface area contributed by atoms with Crippen molar-refractivity contribution in [2.75, 3.05) is 25.7 Å². The van der Waals surface area contributed by atoms with Crippen LogP contribution in [0, 0.1) is 6.92 Å². The van der Waals surface area contributed by atoms with Crippen LogP contribution in [-0.2, 0) is 6.54 Å². The normalized spacial score (nSPS) is 10.3. The van der Waals surface area contributed by atoms with E-state index in [1.165, 1.54) is 0 Å². The van der Waals surface area contributed by atoms with Gasteiger partial charge in [-0.2, -0.15) is 0 Å². The van der Waals surface area contributed by atoms with Gasteiger partial charge in [0.15, 0.2) is 11.5 Å². The molecule has 21 heavy (non-hydrogen) atoms. The first kappa shape index (κ1) is 15.1. The molecule has 1 aromatic heterocycles. The molecule has 0 radical (unpaired) electrons. The lowest BCUT2D eigenvalue weighted by Crippen LogP contribution is -2.23. The van der Waals surface area contributed by atoms with E-state index in [9.17, 15) is 0 Å². The first-order valence-corrected chi connectivity index (χ1v) is 6.92. The number of methoxy groups -OCH3 is 2. The lowest BCUT2D eigenvalue weighted by molar-refractivity contribution is 0.354. The summed E-state index contributed by atoms with van der Waals surface area (Å²) in [7, 11) is 3.28. The lowest BCUT2D eigenvalue weighted by Gasteiger charge is -2.22. The van der Waals surface area contributed by atoms with Crippen LogP contribution in [0.25, 0.3) is 0 Å². The van der Waals surface area contributed by atoms with Crippen molar-refractivity contribution >= 4 is 5.82 Å². The SMILES string of the molecule is CCN(Cc1ccc(OC)c(OC)c1)c1cc(C)ncn1. The Hall–Kier alpha value is -2.30. The van der Waals surface area contributed by atoms with Gasteiger partial charge in [0, 0.05) is 24.8 Å². The van der Waals surface area contributed by atoms with E-state index in [1.54, 1.807) is 20.5 Å². The van der Waals surface area contributed by atoms with Crippen molar-refractivity contribution in [3.63, 3.8) is 0 Å². The standard InChI is InChI=1S/C16H21N3O2/c1-5-19(16-8-12(2)17-11-18-16)10-13-6-7-14(20-3)15(9-13)21-4/h6-9,11H,5,10H2,1-4H3. The van der Waals surface area contributed by atoms with Crippen LogP contribution in [0.1, 0.15) is 18.2 Å². The molecule has 0 aliphatic carbocycles. The van der Waals surface area contributed by atoms with Gasteiger partial charge in [-0.25, -0.2) is 9.97 Å². The Balaban J connectivity index is 2.22. The predicted octanol–water partition coefficient (Wildman–Crippen LogP) is 2.83. The summed E-state index contributed by atoms with van der Waals surface area (Å²) in [5.74, 6) is 2.41. The number of ether oxygens (including phenoxy) is 2. The molecule has 0 spiro atoms. The van der Waals surface area contributed by atoms with Crippen molar-refractivity contribution in [1.82, 2.24) is 9.97 Å². The van der Waals surface area contributed by atoms with Gasteiger partial charge < -0.3 is 14.4 Å². The first-order valence-electron chi connectivity index (χ1n) is 6.92. The minimum absolute atomic E-state index is 0.738. The minimum Gasteiger partial charge on any atom is -0.493 e. The zero-order chi connectivity index (χ0) is 15.2. The fourth-order valence-corrected chi connectivity index (χ4v) is 2.17. The van der Waals surface area contributed by atoms with Gasteiger partial charge in [-0.05, 0) is 31.5 Å². The largest absolute Gasteiger partial charge is 0.493 e. The van der Waals surface area contributed by atoms with Crippen molar-refractivity contribution in [3.8, 4) is 11.5 Å². The molecule has 5 nitrogen and oxygen atoms in total. The third-order valence-corrected chi connectivity index (χ3v) is 3.32. The highest BCUT2D eigenvalue weighted by molar-refractivity contribution is 5.45. The molecule has 0 N–H and O–H groups in total. The maximum atomic E-state index is 5.35. The third-order valence-electron chi connectivity index (χ3n) is 3.32. The average Bonchev–Trinajstić information content (AvgIpc) is 2.52. The van der Waals surface area contributed by atoms with Crippen molar-refractivity contribution in [2.24, 2.45) is 0 Å². The van der Waals surface area contributed by atoms with Crippen LogP contribution < -0.4 is 14.4 Å². The van der Waals surface area contributed by atoms with E-state index in [-0.39, 0.29) is 0 Å². The van der Waals surface area contributed by atoms with E-state index in [0.717, 1.165) is 41.7 Å². The number of nitrogens with zero attached hydrogens (tertiary/aromatic N) is 3. The van der Waals surface area contributed by atoms with E-state index < -0.39 is 0 Å². The molecular formula is C16H21N3O2. The Labute approximate surface area is 125 Å². The van der Waals surface area contributed by atoms with Crippen LogP contribution in [0.2, 0.25) is 0 Å². The molecule has 0 amide bonds. The second-order valence-corrected chi connectivity index (χ2v) is 4.72. The van der Waals surface area contributed by atoms with Crippen molar-refractivity contribution in [1.29, 1.82) is 0 Å². The molecule has 1 aromatic carbocycles. The van der Waals surface area contributed by atoms with Gasteiger partial charge in [0.2, 0.25) is 0 Å². The highest BCUT2D eigenvalue weighted by Gasteiger charge is 2.10. The minimum atomic E-state index is 0.738. The van der Waals surface area contributed by atoms with Crippen LogP contribution in [0.5, 0.6) is 11.5 Å². The molecule has 0 unspecified atom stereocenters. The van der Waals surface area contributed by atoms with Crippen molar-refractivity contribution in [2.45, 2.75) is 20.4 Å². The Bertz CT molecular complexity index is 602. The molecule has 5 heteroatoms. The van der Waals surface area contributed by atoms with E-state index in [0.29, 0.717) is 0 Å². The summed E-state index contributed by atoms with van der Waals surface area (Å²) < 4.78 is 10.6.